The highest BCUT2D eigenvalue weighted by Crippen LogP contribution is 2.40. The molecule has 1 fully saturated rings. The number of benzene rings is 2. The van der Waals surface area contributed by atoms with Crippen LogP contribution in [0.1, 0.15) is 42.1 Å². The fraction of sp³-hybridized carbons (Fsp3) is 0.250. The van der Waals surface area contributed by atoms with E-state index in [0.29, 0.717) is 23.8 Å². The number of carbonyl (C=O) groups is 2. The molecule has 1 aliphatic rings. The number of nitrogens with zero attached hydrogens (tertiary/aromatic N) is 2. The molecule has 1 atom stereocenters. The highest BCUT2D eigenvalue weighted by atomic mass is 16.5. The first-order valence-corrected chi connectivity index (χ1v) is 11.3. The van der Waals surface area contributed by atoms with Gasteiger partial charge in [0.15, 0.2) is 0 Å². The number of aliphatic hydroxyl groups is 1. The average Bonchev–Trinajstić information content (AvgIpc) is 3.08. The van der Waals surface area contributed by atoms with Gasteiger partial charge in [-0.25, -0.2) is 0 Å². The number of carbonyl (C=O) groups excluding carboxylic acids is 2. The topological polar surface area (TPSA) is 79.7 Å². The van der Waals surface area contributed by atoms with E-state index in [-0.39, 0.29) is 17.9 Å². The predicted octanol–water partition coefficient (Wildman–Crippen LogP) is 5.05. The van der Waals surface area contributed by atoms with Gasteiger partial charge in [0.05, 0.1) is 18.2 Å². The summed E-state index contributed by atoms with van der Waals surface area (Å²) in [6, 6.07) is 17.5. The van der Waals surface area contributed by atoms with E-state index in [1.54, 1.807) is 42.7 Å². The Morgan fingerprint density at radius 1 is 1.06 bits per heavy atom. The fourth-order valence-electron chi connectivity index (χ4n) is 3.95. The van der Waals surface area contributed by atoms with Gasteiger partial charge in [-0.3, -0.25) is 14.6 Å². The molecule has 34 heavy (non-hydrogen) atoms. The summed E-state index contributed by atoms with van der Waals surface area (Å²) in [6.45, 7) is 6.89. The summed E-state index contributed by atoms with van der Waals surface area (Å²) < 4.78 is 5.72. The molecule has 0 spiro atoms. The molecule has 1 saturated heterocycles. The molecule has 1 N–H and O–H groups in total. The number of rotatable bonds is 7. The Morgan fingerprint density at radius 3 is 2.38 bits per heavy atom. The van der Waals surface area contributed by atoms with E-state index in [9.17, 15) is 14.7 Å². The van der Waals surface area contributed by atoms with Gasteiger partial charge in [-0.2, -0.15) is 0 Å². The minimum absolute atomic E-state index is 0.0774. The maximum absolute atomic E-state index is 13.2. The Hall–Kier alpha value is -3.93. The first-order valence-electron chi connectivity index (χ1n) is 11.3. The van der Waals surface area contributed by atoms with Crippen LogP contribution in [0.2, 0.25) is 0 Å². The maximum atomic E-state index is 13.2. The van der Waals surface area contributed by atoms with Crippen molar-refractivity contribution in [3.8, 4) is 5.75 Å². The van der Waals surface area contributed by atoms with Crippen LogP contribution < -0.4 is 4.74 Å². The molecule has 1 amide bonds. The predicted molar refractivity (Wildman–Crippen MR) is 130 cm³/mol. The SMILES string of the molecule is Cc1ccc([C@@H]2/C(=C(\O)c3ccc(OCC(C)C)cc3)C(=O)C(=O)N2Cc2cccnc2)cc1. The molecule has 0 radical (unpaired) electrons. The second kappa shape index (κ2) is 9.91. The number of ether oxygens (including phenoxy) is 1. The largest absolute Gasteiger partial charge is 0.507 e. The fourth-order valence-corrected chi connectivity index (χ4v) is 3.95. The maximum Gasteiger partial charge on any atom is 0.295 e. The zero-order chi connectivity index (χ0) is 24.2. The third-order valence-corrected chi connectivity index (χ3v) is 5.72. The Labute approximate surface area is 199 Å². The monoisotopic (exact) mass is 456 g/mol. The zero-order valence-electron chi connectivity index (χ0n) is 19.6. The summed E-state index contributed by atoms with van der Waals surface area (Å²) in [4.78, 5) is 31.9. The molecular formula is C28H28N2O4. The molecule has 3 aromatic rings. The number of hydrogen-bond donors (Lipinski definition) is 1. The molecule has 2 heterocycles. The molecule has 0 bridgehead atoms. The Balaban J connectivity index is 1.75. The summed E-state index contributed by atoms with van der Waals surface area (Å²) in [5.41, 5.74) is 3.15. The number of aromatic nitrogens is 1. The van der Waals surface area contributed by atoms with E-state index in [4.69, 9.17) is 4.74 Å². The van der Waals surface area contributed by atoms with Gasteiger partial charge in [-0.05, 0) is 54.3 Å². The second-order valence-electron chi connectivity index (χ2n) is 8.93. The highest BCUT2D eigenvalue weighted by molar-refractivity contribution is 6.46. The molecule has 174 valence electrons. The van der Waals surface area contributed by atoms with Gasteiger partial charge in [0.25, 0.3) is 11.7 Å². The number of aliphatic hydroxyl groups excluding tert-OH is 1. The Bertz CT molecular complexity index is 1200. The smallest absolute Gasteiger partial charge is 0.295 e. The quantitative estimate of drug-likeness (QED) is 0.306. The van der Waals surface area contributed by atoms with Crippen LogP contribution in [0.5, 0.6) is 5.75 Å². The Morgan fingerprint density at radius 2 is 1.76 bits per heavy atom. The lowest BCUT2D eigenvalue weighted by molar-refractivity contribution is -0.140. The molecule has 4 rings (SSSR count). The summed E-state index contributed by atoms with van der Waals surface area (Å²) >= 11 is 0. The number of likely N-dealkylation sites (tertiary alicyclic amines) is 1. The summed E-state index contributed by atoms with van der Waals surface area (Å²) in [5.74, 6) is -0.483. The lowest BCUT2D eigenvalue weighted by atomic mass is 9.94. The van der Waals surface area contributed by atoms with Crippen molar-refractivity contribution in [3.05, 3.63) is 101 Å². The lowest BCUT2D eigenvalue weighted by Gasteiger charge is -2.25. The van der Waals surface area contributed by atoms with Gasteiger partial charge < -0.3 is 14.7 Å². The number of amides is 1. The number of aryl methyl sites for hydroxylation is 1. The Kier molecular flexibility index (Phi) is 6.77. The number of hydrogen-bond acceptors (Lipinski definition) is 5. The molecule has 0 saturated carbocycles. The zero-order valence-corrected chi connectivity index (χ0v) is 19.6. The number of pyridine rings is 1. The molecule has 6 heteroatoms. The average molecular weight is 457 g/mol. The summed E-state index contributed by atoms with van der Waals surface area (Å²) in [6.07, 6.45) is 3.32. The van der Waals surface area contributed by atoms with Crippen LogP contribution >= 0.6 is 0 Å². The minimum atomic E-state index is -0.710. The van der Waals surface area contributed by atoms with Crippen LogP contribution in [0.25, 0.3) is 5.76 Å². The van der Waals surface area contributed by atoms with E-state index in [0.717, 1.165) is 16.7 Å². The highest BCUT2D eigenvalue weighted by Gasteiger charge is 2.46. The molecule has 0 unspecified atom stereocenters. The van der Waals surface area contributed by atoms with Crippen LogP contribution in [0.15, 0.2) is 78.6 Å². The van der Waals surface area contributed by atoms with Crippen LogP contribution in [-0.4, -0.2) is 33.3 Å². The third kappa shape index (κ3) is 4.86. The summed E-state index contributed by atoms with van der Waals surface area (Å²) in [7, 11) is 0. The lowest BCUT2D eigenvalue weighted by Crippen LogP contribution is -2.29. The molecular weight excluding hydrogens is 428 g/mol. The normalized spacial score (nSPS) is 17.4. The summed E-state index contributed by atoms with van der Waals surface area (Å²) in [5, 5.41) is 11.2. The van der Waals surface area contributed by atoms with Crippen molar-refractivity contribution in [2.45, 2.75) is 33.4 Å². The van der Waals surface area contributed by atoms with Crippen LogP contribution in [-0.2, 0) is 16.1 Å². The number of ketones is 1. The first-order chi connectivity index (χ1) is 16.3. The van der Waals surface area contributed by atoms with E-state index in [1.165, 1.54) is 4.90 Å². The molecule has 2 aromatic carbocycles. The van der Waals surface area contributed by atoms with Crippen molar-refractivity contribution < 1.29 is 19.4 Å². The third-order valence-electron chi connectivity index (χ3n) is 5.72. The van der Waals surface area contributed by atoms with E-state index < -0.39 is 17.7 Å². The van der Waals surface area contributed by atoms with Crippen molar-refractivity contribution in [3.63, 3.8) is 0 Å². The molecule has 6 nitrogen and oxygen atoms in total. The van der Waals surface area contributed by atoms with E-state index in [2.05, 4.69) is 18.8 Å². The van der Waals surface area contributed by atoms with Crippen LogP contribution in [0, 0.1) is 12.8 Å². The molecule has 1 aliphatic heterocycles. The second-order valence-corrected chi connectivity index (χ2v) is 8.93. The van der Waals surface area contributed by atoms with Gasteiger partial charge in [0.1, 0.15) is 11.5 Å². The van der Waals surface area contributed by atoms with Crippen LogP contribution in [0.4, 0.5) is 0 Å². The van der Waals surface area contributed by atoms with E-state index >= 15 is 0 Å². The van der Waals surface area contributed by atoms with Crippen molar-refractivity contribution >= 4 is 17.4 Å². The van der Waals surface area contributed by atoms with Crippen molar-refractivity contribution in [2.24, 2.45) is 5.92 Å². The first kappa shape index (κ1) is 23.2. The minimum Gasteiger partial charge on any atom is -0.507 e. The molecule has 1 aromatic heterocycles. The van der Waals surface area contributed by atoms with Crippen LogP contribution in [0.3, 0.4) is 0 Å². The molecule has 0 aliphatic carbocycles. The van der Waals surface area contributed by atoms with E-state index in [1.807, 2.05) is 37.3 Å². The number of Topliss-reactive ketones (excluding diaryl/α,β-unsaturated/α-hetero) is 1. The van der Waals surface area contributed by atoms with Gasteiger partial charge in [0, 0.05) is 24.5 Å². The van der Waals surface area contributed by atoms with Crippen molar-refractivity contribution in [2.75, 3.05) is 6.61 Å². The van der Waals surface area contributed by atoms with Gasteiger partial charge >= 0.3 is 0 Å². The van der Waals surface area contributed by atoms with Gasteiger partial charge in [-0.1, -0.05) is 49.7 Å². The standard InChI is InChI=1S/C28H28N2O4/c1-18(2)17-34-23-12-10-22(11-13-23)26(31)24-25(21-8-6-19(3)7-9-21)30(28(33)27(24)32)16-20-5-4-14-29-15-20/h4-15,18,25,31H,16-17H2,1-3H3/b26-24+/t25-/m1/s1. The van der Waals surface area contributed by atoms with Crippen molar-refractivity contribution in [1.29, 1.82) is 0 Å². The van der Waals surface area contributed by atoms with Crippen molar-refractivity contribution in [1.82, 2.24) is 9.88 Å². The van der Waals surface area contributed by atoms with Gasteiger partial charge in [-0.15, -0.1) is 0 Å². The van der Waals surface area contributed by atoms with Gasteiger partial charge in [0.2, 0.25) is 0 Å².